The van der Waals surface area contributed by atoms with Crippen LogP contribution in [0.3, 0.4) is 0 Å². The number of carboxylic acids is 1. The number of nitrogens with two attached hydrogens (primary N) is 1. The molecule has 0 aromatic carbocycles. The molecule has 1 aliphatic rings. The van der Waals surface area contributed by atoms with E-state index in [1.165, 1.54) is 16.7 Å². The van der Waals surface area contributed by atoms with Gasteiger partial charge in [-0.05, 0) is 32.2 Å². The van der Waals surface area contributed by atoms with Crippen LogP contribution in [0.5, 0.6) is 0 Å². The Hall–Kier alpha value is -0.750. The number of carboxylic acid groups (broad SMARTS) is 1. The van der Waals surface area contributed by atoms with Crippen LogP contribution in [-0.2, 0) is 9.59 Å². The van der Waals surface area contributed by atoms with Crippen LogP contribution in [0.2, 0.25) is 0 Å². The van der Waals surface area contributed by atoms with Crippen LogP contribution in [0.15, 0.2) is 0 Å². The van der Waals surface area contributed by atoms with Gasteiger partial charge in [0.1, 0.15) is 6.04 Å². The maximum Gasteiger partial charge on any atom is 0.327 e. The fourth-order valence-corrected chi connectivity index (χ4v) is 3.33. The number of amides is 1. The summed E-state index contributed by atoms with van der Waals surface area (Å²) in [6, 6.07) is -0.665. The first-order chi connectivity index (χ1) is 8.47. The fourth-order valence-electron chi connectivity index (χ4n) is 2.14. The molecular formula is C12H22N2O3S. The minimum Gasteiger partial charge on any atom is -0.480 e. The second-order valence-electron chi connectivity index (χ2n) is 4.81. The van der Waals surface area contributed by atoms with Crippen molar-refractivity contribution in [3.05, 3.63) is 0 Å². The molecule has 0 aliphatic carbocycles. The van der Waals surface area contributed by atoms with Gasteiger partial charge in [-0.1, -0.05) is 6.92 Å². The molecule has 0 aromatic heterocycles. The van der Waals surface area contributed by atoms with E-state index in [4.69, 9.17) is 10.8 Å². The lowest BCUT2D eigenvalue weighted by molar-refractivity contribution is -0.149. The van der Waals surface area contributed by atoms with Crippen molar-refractivity contribution in [1.82, 2.24) is 4.90 Å². The predicted molar refractivity (Wildman–Crippen MR) is 72.3 cm³/mol. The Balaban J connectivity index is 2.51. The van der Waals surface area contributed by atoms with Crippen LogP contribution < -0.4 is 5.73 Å². The highest BCUT2D eigenvalue weighted by molar-refractivity contribution is 8.00. The zero-order valence-corrected chi connectivity index (χ0v) is 11.8. The summed E-state index contributed by atoms with van der Waals surface area (Å²) in [5.41, 5.74) is 5.47. The van der Waals surface area contributed by atoms with Crippen molar-refractivity contribution in [1.29, 1.82) is 0 Å². The highest BCUT2D eigenvalue weighted by Gasteiger charge is 2.38. The summed E-state index contributed by atoms with van der Waals surface area (Å²) in [6.45, 7) is 4.58. The second-order valence-corrected chi connectivity index (χ2v) is 6.16. The van der Waals surface area contributed by atoms with Crippen LogP contribution >= 0.6 is 11.8 Å². The third-order valence-electron chi connectivity index (χ3n) is 3.31. The molecule has 0 bridgehead atoms. The number of rotatable bonds is 6. The number of nitrogens with zero attached hydrogens (tertiary/aromatic N) is 1. The van der Waals surface area contributed by atoms with E-state index in [2.05, 4.69) is 6.92 Å². The molecule has 1 fully saturated rings. The third kappa shape index (κ3) is 3.88. The smallest absolute Gasteiger partial charge is 0.327 e. The van der Waals surface area contributed by atoms with Crippen LogP contribution in [0, 0.1) is 5.92 Å². The molecule has 104 valence electrons. The molecule has 1 rings (SSSR count). The minimum absolute atomic E-state index is 0.0385. The molecular weight excluding hydrogens is 252 g/mol. The fraction of sp³-hybridized carbons (Fsp3) is 0.833. The summed E-state index contributed by atoms with van der Waals surface area (Å²) >= 11 is 1.52. The number of thioether (sulfide) groups is 1. The normalized spacial score (nSPS) is 25.2. The van der Waals surface area contributed by atoms with E-state index < -0.39 is 12.0 Å². The summed E-state index contributed by atoms with van der Waals surface area (Å²) in [4.78, 5) is 24.7. The Morgan fingerprint density at radius 1 is 1.50 bits per heavy atom. The summed E-state index contributed by atoms with van der Waals surface area (Å²) in [5, 5.41) is 9.05. The van der Waals surface area contributed by atoms with Gasteiger partial charge in [-0.2, -0.15) is 0 Å². The van der Waals surface area contributed by atoms with Crippen LogP contribution in [0.1, 0.15) is 33.1 Å². The van der Waals surface area contributed by atoms with Crippen molar-refractivity contribution in [2.75, 3.05) is 12.3 Å². The summed E-state index contributed by atoms with van der Waals surface area (Å²) in [5.74, 6) is -0.0626. The Kier molecular flexibility index (Phi) is 5.95. The lowest BCUT2D eigenvalue weighted by Gasteiger charge is -2.25. The molecule has 3 atom stereocenters. The van der Waals surface area contributed by atoms with Gasteiger partial charge < -0.3 is 15.7 Å². The Labute approximate surface area is 112 Å². The van der Waals surface area contributed by atoms with E-state index in [1.807, 2.05) is 6.92 Å². The van der Waals surface area contributed by atoms with Crippen molar-refractivity contribution < 1.29 is 14.7 Å². The largest absolute Gasteiger partial charge is 0.480 e. The van der Waals surface area contributed by atoms with Crippen molar-refractivity contribution in [2.45, 2.75) is 44.5 Å². The highest BCUT2D eigenvalue weighted by Crippen LogP contribution is 2.29. The molecule has 3 N–H and O–H groups in total. The monoisotopic (exact) mass is 274 g/mol. The van der Waals surface area contributed by atoms with E-state index in [0.717, 1.165) is 12.8 Å². The maximum absolute atomic E-state index is 12.1. The average molecular weight is 274 g/mol. The van der Waals surface area contributed by atoms with Gasteiger partial charge in [0.15, 0.2) is 0 Å². The lowest BCUT2D eigenvalue weighted by Crippen LogP contribution is -2.44. The number of hydrogen-bond acceptors (Lipinski definition) is 4. The number of aliphatic carboxylic acids is 1. The molecule has 0 radical (unpaired) electrons. The standard InChI is InChI=1S/C12H22N2O3S/c1-8(5-6-13)3-4-11(15)14-9(2)18-7-10(14)12(16)17/h8-10H,3-7,13H2,1-2H3,(H,16,17). The topological polar surface area (TPSA) is 83.6 Å². The molecule has 0 saturated carbocycles. The average Bonchev–Trinajstić information content (AvgIpc) is 2.68. The molecule has 3 unspecified atom stereocenters. The van der Waals surface area contributed by atoms with E-state index in [-0.39, 0.29) is 11.3 Å². The van der Waals surface area contributed by atoms with Gasteiger partial charge in [0.2, 0.25) is 5.91 Å². The van der Waals surface area contributed by atoms with Gasteiger partial charge in [-0.25, -0.2) is 4.79 Å². The zero-order valence-electron chi connectivity index (χ0n) is 11.0. The number of hydrogen-bond donors (Lipinski definition) is 2. The van der Waals surface area contributed by atoms with Crippen molar-refractivity contribution >= 4 is 23.6 Å². The Morgan fingerprint density at radius 2 is 2.17 bits per heavy atom. The van der Waals surface area contributed by atoms with E-state index in [9.17, 15) is 9.59 Å². The second kappa shape index (κ2) is 6.99. The maximum atomic E-state index is 12.1. The van der Waals surface area contributed by atoms with Crippen molar-refractivity contribution in [3.63, 3.8) is 0 Å². The van der Waals surface area contributed by atoms with Gasteiger partial charge in [0.05, 0.1) is 5.37 Å². The Morgan fingerprint density at radius 3 is 2.72 bits per heavy atom. The van der Waals surface area contributed by atoms with Gasteiger partial charge in [0.25, 0.3) is 0 Å². The van der Waals surface area contributed by atoms with Crippen LogP contribution in [-0.4, -0.2) is 45.6 Å². The lowest BCUT2D eigenvalue weighted by atomic mass is 10.0. The van der Waals surface area contributed by atoms with Gasteiger partial charge in [0, 0.05) is 12.2 Å². The molecule has 1 aliphatic heterocycles. The molecule has 1 heterocycles. The van der Waals surface area contributed by atoms with Crippen LogP contribution in [0.4, 0.5) is 0 Å². The molecule has 18 heavy (non-hydrogen) atoms. The first kappa shape index (κ1) is 15.3. The van der Waals surface area contributed by atoms with E-state index in [0.29, 0.717) is 24.6 Å². The Bertz CT molecular complexity index is 312. The number of carbonyl (C=O) groups excluding carboxylic acids is 1. The van der Waals surface area contributed by atoms with Gasteiger partial charge in [-0.3, -0.25) is 4.79 Å². The molecule has 1 amide bonds. The highest BCUT2D eigenvalue weighted by atomic mass is 32.2. The van der Waals surface area contributed by atoms with Crippen molar-refractivity contribution in [2.24, 2.45) is 11.7 Å². The minimum atomic E-state index is -0.907. The third-order valence-corrected chi connectivity index (χ3v) is 4.52. The first-order valence-corrected chi connectivity index (χ1v) is 7.37. The van der Waals surface area contributed by atoms with Gasteiger partial charge >= 0.3 is 5.97 Å². The van der Waals surface area contributed by atoms with Crippen LogP contribution in [0.25, 0.3) is 0 Å². The molecule has 6 heteroatoms. The SMILES string of the molecule is CC(CCN)CCC(=O)N1C(C)SCC1C(=O)O. The van der Waals surface area contributed by atoms with E-state index in [1.54, 1.807) is 0 Å². The first-order valence-electron chi connectivity index (χ1n) is 6.33. The zero-order chi connectivity index (χ0) is 13.7. The number of carbonyl (C=O) groups is 2. The molecule has 0 spiro atoms. The quantitative estimate of drug-likeness (QED) is 0.758. The molecule has 0 aromatic rings. The van der Waals surface area contributed by atoms with E-state index >= 15 is 0 Å². The molecule has 1 saturated heterocycles. The van der Waals surface area contributed by atoms with Gasteiger partial charge in [-0.15, -0.1) is 11.8 Å². The van der Waals surface area contributed by atoms with Crippen molar-refractivity contribution in [3.8, 4) is 0 Å². The summed E-state index contributed by atoms with van der Waals surface area (Å²) in [7, 11) is 0. The predicted octanol–water partition coefficient (Wildman–Crippen LogP) is 1.13. The summed E-state index contributed by atoms with van der Waals surface area (Å²) < 4.78 is 0. The molecule has 5 nitrogen and oxygen atoms in total. The summed E-state index contributed by atoms with van der Waals surface area (Å²) in [6.07, 6.45) is 2.09.